The van der Waals surface area contributed by atoms with E-state index in [-0.39, 0.29) is 18.6 Å². The highest BCUT2D eigenvalue weighted by Crippen LogP contribution is 2.28. The van der Waals surface area contributed by atoms with Crippen LogP contribution in [0, 0.1) is 5.92 Å². The van der Waals surface area contributed by atoms with E-state index in [1.165, 1.54) is 22.6 Å². The Morgan fingerprint density at radius 3 is 2.47 bits per heavy atom. The van der Waals surface area contributed by atoms with E-state index in [0.29, 0.717) is 19.1 Å². The maximum Gasteiger partial charge on any atom is 0.323 e. The van der Waals surface area contributed by atoms with E-state index < -0.39 is 5.97 Å². The van der Waals surface area contributed by atoms with E-state index in [0.717, 1.165) is 6.61 Å². The van der Waals surface area contributed by atoms with Crippen molar-refractivity contribution < 1.29 is 19.4 Å². The smallest absolute Gasteiger partial charge is 0.323 e. The monoisotopic (exact) mass is 272 g/mol. The van der Waals surface area contributed by atoms with Crippen molar-refractivity contribution in [3.63, 3.8) is 0 Å². The van der Waals surface area contributed by atoms with Gasteiger partial charge in [0, 0.05) is 26.2 Å². The summed E-state index contributed by atoms with van der Waals surface area (Å²) in [5.41, 5.74) is 0. The Labute approximate surface area is 114 Å². The van der Waals surface area contributed by atoms with Gasteiger partial charge in [-0.25, -0.2) is 4.79 Å². The number of amides is 2. The number of rotatable bonds is 8. The number of likely N-dealkylation sites (N-methyl/N-ethyl adjacent to an activating group) is 1. The van der Waals surface area contributed by atoms with Crippen LogP contribution in [-0.4, -0.2) is 66.3 Å². The van der Waals surface area contributed by atoms with Crippen LogP contribution in [0.4, 0.5) is 4.79 Å². The van der Waals surface area contributed by atoms with Gasteiger partial charge in [-0.2, -0.15) is 0 Å². The zero-order valence-corrected chi connectivity index (χ0v) is 12.0. The number of hydrogen-bond donors (Lipinski definition) is 1. The van der Waals surface area contributed by atoms with Crippen molar-refractivity contribution in [1.82, 2.24) is 9.80 Å². The molecule has 1 aliphatic rings. The first-order valence-corrected chi connectivity index (χ1v) is 6.73. The molecule has 1 rings (SSSR count). The van der Waals surface area contributed by atoms with Crippen molar-refractivity contribution in [2.45, 2.75) is 32.7 Å². The fraction of sp³-hybridized carbons (Fsp3) is 0.846. The molecule has 1 aliphatic carbocycles. The van der Waals surface area contributed by atoms with Crippen molar-refractivity contribution in [1.29, 1.82) is 0 Å². The Morgan fingerprint density at radius 2 is 2.00 bits per heavy atom. The predicted molar refractivity (Wildman–Crippen MR) is 71.0 cm³/mol. The van der Waals surface area contributed by atoms with E-state index in [1.54, 1.807) is 20.9 Å². The van der Waals surface area contributed by atoms with Gasteiger partial charge in [0.15, 0.2) is 0 Å². The molecule has 2 amide bonds. The summed E-state index contributed by atoms with van der Waals surface area (Å²) in [6.45, 7) is 5.08. The zero-order chi connectivity index (χ0) is 14.4. The van der Waals surface area contributed by atoms with Gasteiger partial charge in [-0.15, -0.1) is 0 Å². The number of nitrogens with zero attached hydrogens (tertiary/aromatic N) is 2. The standard InChI is InChI=1S/C13H24N2O4/c1-10(2)15(8-12(16)17)13(18)14(3)6-7-19-9-11-4-5-11/h10-11H,4-9H2,1-3H3,(H,16,17). The zero-order valence-electron chi connectivity index (χ0n) is 12.0. The number of urea groups is 1. The highest BCUT2D eigenvalue weighted by atomic mass is 16.5. The second-order valence-corrected chi connectivity index (χ2v) is 5.34. The summed E-state index contributed by atoms with van der Waals surface area (Å²) < 4.78 is 5.47. The van der Waals surface area contributed by atoms with Crippen molar-refractivity contribution in [3.8, 4) is 0 Å². The first-order chi connectivity index (χ1) is 8.91. The van der Waals surface area contributed by atoms with Gasteiger partial charge in [0.2, 0.25) is 0 Å². The van der Waals surface area contributed by atoms with Crippen LogP contribution in [0.3, 0.4) is 0 Å². The van der Waals surface area contributed by atoms with E-state index in [2.05, 4.69) is 0 Å². The molecule has 0 aliphatic heterocycles. The molecular formula is C13H24N2O4. The van der Waals surface area contributed by atoms with Gasteiger partial charge in [0.1, 0.15) is 6.54 Å². The van der Waals surface area contributed by atoms with Crippen LogP contribution in [0.5, 0.6) is 0 Å². The highest BCUT2D eigenvalue weighted by molar-refractivity contribution is 5.80. The van der Waals surface area contributed by atoms with Gasteiger partial charge in [-0.3, -0.25) is 4.79 Å². The molecule has 0 aromatic rings. The van der Waals surface area contributed by atoms with E-state index >= 15 is 0 Å². The third kappa shape index (κ3) is 5.92. The molecule has 0 atom stereocenters. The number of aliphatic carboxylic acids is 1. The summed E-state index contributed by atoms with van der Waals surface area (Å²) in [4.78, 5) is 25.7. The number of hydrogen-bond acceptors (Lipinski definition) is 3. The highest BCUT2D eigenvalue weighted by Gasteiger charge is 2.23. The number of carboxylic acids is 1. The Morgan fingerprint density at radius 1 is 1.37 bits per heavy atom. The first kappa shape index (κ1) is 15.8. The minimum atomic E-state index is -1.000. The van der Waals surface area contributed by atoms with E-state index in [1.807, 2.05) is 0 Å². The molecule has 19 heavy (non-hydrogen) atoms. The molecule has 0 bridgehead atoms. The lowest BCUT2D eigenvalue weighted by atomic mass is 10.3. The van der Waals surface area contributed by atoms with Crippen LogP contribution in [0.15, 0.2) is 0 Å². The van der Waals surface area contributed by atoms with Gasteiger partial charge in [0.05, 0.1) is 6.61 Å². The normalized spacial score (nSPS) is 14.5. The molecule has 0 radical (unpaired) electrons. The van der Waals surface area contributed by atoms with Gasteiger partial charge < -0.3 is 19.6 Å². The Hall–Kier alpha value is -1.30. The van der Waals surface area contributed by atoms with Crippen LogP contribution in [0.25, 0.3) is 0 Å². The van der Waals surface area contributed by atoms with Crippen molar-refractivity contribution in [2.24, 2.45) is 5.92 Å². The third-order valence-corrected chi connectivity index (χ3v) is 3.12. The molecule has 1 N–H and O–H groups in total. The molecule has 6 heteroatoms. The largest absolute Gasteiger partial charge is 0.480 e. The number of carbonyl (C=O) groups excluding carboxylic acids is 1. The molecule has 6 nitrogen and oxygen atoms in total. The van der Waals surface area contributed by atoms with Crippen LogP contribution >= 0.6 is 0 Å². The minimum Gasteiger partial charge on any atom is -0.480 e. The number of ether oxygens (including phenoxy) is 1. The average molecular weight is 272 g/mol. The molecule has 0 aromatic heterocycles. The summed E-state index contributed by atoms with van der Waals surface area (Å²) in [6.07, 6.45) is 2.49. The summed E-state index contributed by atoms with van der Waals surface area (Å²) in [6, 6.07) is -0.411. The number of carbonyl (C=O) groups is 2. The predicted octanol–water partition coefficient (Wildman–Crippen LogP) is 1.26. The van der Waals surface area contributed by atoms with Crippen molar-refractivity contribution in [2.75, 3.05) is 33.4 Å². The molecule has 0 spiro atoms. The van der Waals surface area contributed by atoms with Gasteiger partial charge >= 0.3 is 12.0 Å². The quantitative estimate of drug-likeness (QED) is 0.675. The average Bonchev–Trinajstić information content (AvgIpc) is 3.14. The molecule has 1 fully saturated rings. The van der Waals surface area contributed by atoms with Crippen molar-refractivity contribution >= 4 is 12.0 Å². The summed E-state index contributed by atoms with van der Waals surface area (Å²) in [7, 11) is 1.67. The SMILES string of the molecule is CC(C)N(CC(=O)O)C(=O)N(C)CCOCC1CC1. The van der Waals surface area contributed by atoms with Crippen LogP contribution in [-0.2, 0) is 9.53 Å². The fourth-order valence-corrected chi connectivity index (χ4v) is 1.67. The van der Waals surface area contributed by atoms with E-state index in [4.69, 9.17) is 9.84 Å². The Balaban J connectivity index is 2.31. The summed E-state index contributed by atoms with van der Waals surface area (Å²) in [5.74, 6) is -0.291. The lowest BCUT2D eigenvalue weighted by molar-refractivity contribution is -0.138. The molecular weight excluding hydrogens is 248 g/mol. The molecule has 0 saturated heterocycles. The van der Waals surface area contributed by atoms with Crippen LogP contribution < -0.4 is 0 Å². The van der Waals surface area contributed by atoms with Crippen LogP contribution in [0.2, 0.25) is 0 Å². The molecule has 0 unspecified atom stereocenters. The van der Waals surface area contributed by atoms with E-state index in [9.17, 15) is 9.59 Å². The number of carboxylic acid groups (broad SMARTS) is 1. The van der Waals surface area contributed by atoms with Crippen LogP contribution in [0.1, 0.15) is 26.7 Å². The van der Waals surface area contributed by atoms with Crippen molar-refractivity contribution in [3.05, 3.63) is 0 Å². The Kier molecular flexibility index (Phi) is 6.08. The van der Waals surface area contributed by atoms with Gasteiger partial charge in [-0.05, 0) is 32.6 Å². The third-order valence-electron chi connectivity index (χ3n) is 3.12. The maximum absolute atomic E-state index is 12.1. The lowest BCUT2D eigenvalue weighted by Crippen LogP contribution is -2.47. The molecule has 1 saturated carbocycles. The topological polar surface area (TPSA) is 70.1 Å². The fourth-order valence-electron chi connectivity index (χ4n) is 1.67. The second-order valence-electron chi connectivity index (χ2n) is 5.34. The first-order valence-electron chi connectivity index (χ1n) is 6.73. The molecule has 0 heterocycles. The minimum absolute atomic E-state index is 0.140. The summed E-state index contributed by atoms with van der Waals surface area (Å²) >= 11 is 0. The summed E-state index contributed by atoms with van der Waals surface area (Å²) in [5, 5.41) is 8.81. The second kappa shape index (κ2) is 7.33. The van der Waals surface area contributed by atoms with Gasteiger partial charge in [-0.1, -0.05) is 0 Å². The maximum atomic E-state index is 12.1. The lowest BCUT2D eigenvalue weighted by Gasteiger charge is -2.29. The molecule has 0 aromatic carbocycles. The van der Waals surface area contributed by atoms with Gasteiger partial charge in [0.25, 0.3) is 0 Å². The molecule has 110 valence electrons. The Bertz CT molecular complexity index is 316.